The zero-order valence-corrected chi connectivity index (χ0v) is 8.71. The molecule has 0 aliphatic heterocycles. The molecule has 0 aliphatic carbocycles. The van der Waals surface area contributed by atoms with E-state index in [-0.39, 0.29) is 5.69 Å². The highest BCUT2D eigenvalue weighted by molar-refractivity contribution is 5.73. The smallest absolute Gasteiger partial charge is 0.338 e. The monoisotopic (exact) mass is 234 g/mol. The van der Waals surface area contributed by atoms with Crippen molar-refractivity contribution in [2.45, 2.75) is 6.10 Å². The zero-order valence-electron chi connectivity index (χ0n) is 8.71. The van der Waals surface area contributed by atoms with Crippen LogP contribution in [0.15, 0.2) is 43.4 Å². The maximum Gasteiger partial charge on any atom is 0.338 e. The summed E-state index contributed by atoms with van der Waals surface area (Å²) >= 11 is 0. The van der Waals surface area contributed by atoms with Crippen LogP contribution < -0.4 is 0 Å². The van der Waals surface area contributed by atoms with Gasteiger partial charge < -0.3 is 10.2 Å². The van der Waals surface area contributed by atoms with Crippen molar-refractivity contribution in [2.24, 2.45) is 0 Å². The molecule has 0 saturated carbocycles. The van der Waals surface area contributed by atoms with Crippen LogP contribution in [0.1, 0.15) is 11.8 Å². The van der Waals surface area contributed by atoms with E-state index in [4.69, 9.17) is 10.2 Å². The van der Waals surface area contributed by atoms with Gasteiger partial charge in [-0.25, -0.2) is 4.79 Å². The van der Waals surface area contributed by atoms with E-state index in [1.165, 1.54) is 18.6 Å². The lowest BCUT2D eigenvalue weighted by atomic mass is 10.3. The highest BCUT2D eigenvalue weighted by Gasteiger charge is 2.16. The molecule has 2 aromatic rings. The molecule has 7 nitrogen and oxygen atoms in total. The summed E-state index contributed by atoms with van der Waals surface area (Å²) in [5.74, 6) is -1.33. The third kappa shape index (κ3) is 4.76. The fourth-order valence-electron chi connectivity index (χ4n) is 0.832. The molecule has 2 N–H and O–H groups in total. The number of rotatable bonds is 2. The Kier molecular flexibility index (Phi) is 5.18. The van der Waals surface area contributed by atoms with Gasteiger partial charge in [0.1, 0.15) is 0 Å². The van der Waals surface area contributed by atoms with E-state index in [0.717, 1.165) is 0 Å². The largest absolute Gasteiger partial charge is 0.479 e. The van der Waals surface area contributed by atoms with Gasteiger partial charge >= 0.3 is 5.97 Å². The van der Waals surface area contributed by atoms with Crippen molar-refractivity contribution in [1.29, 1.82) is 0 Å². The van der Waals surface area contributed by atoms with E-state index in [1.807, 2.05) is 0 Å². The summed E-state index contributed by atoms with van der Waals surface area (Å²) < 4.78 is 0. The van der Waals surface area contributed by atoms with Crippen molar-refractivity contribution in [3.63, 3.8) is 0 Å². The number of aliphatic hydroxyl groups excluding tert-OH is 1. The van der Waals surface area contributed by atoms with Crippen molar-refractivity contribution < 1.29 is 15.0 Å². The molecule has 0 bridgehead atoms. The summed E-state index contributed by atoms with van der Waals surface area (Å²) in [5.41, 5.74) is 0.0417. The minimum Gasteiger partial charge on any atom is -0.479 e. The van der Waals surface area contributed by atoms with Crippen LogP contribution in [0.25, 0.3) is 0 Å². The van der Waals surface area contributed by atoms with Gasteiger partial charge in [0.05, 0.1) is 11.9 Å². The molecule has 0 saturated heterocycles. The molecule has 2 heterocycles. The summed E-state index contributed by atoms with van der Waals surface area (Å²) in [6.45, 7) is 0. The lowest BCUT2D eigenvalue weighted by molar-refractivity contribution is -0.147. The molecule has 0 amide bonds. The molecule has 2 aromatic heterocycles. The summed E-state index contributed by atoms with van der Waals surface area (Å²) in [5, 5.41) is 17.2. The SMILES string of the molecule is O=C(O)C(O)c1cnccn1.c1cnccn1. The Morgan fingerprint density at radius 1 is 1.00 bits per heavy atom. The molecule has 0 fully saturated rings. The summed E-state index contributed by atoms with van der Waals surface area (Å²) in [7, 11) is 0. The predicted octanol–water partition coefficient (Wildman–Crippen LogP) is 0.0712. The number of aliphatic carboxylic acids is 1. The van der Waals surface area contributed by atoms with E-state index < -0.39 is 12.1 Å². The highest BCUT2D eigenvalue weighted by atomic mass is 16.4. The second-order valence-electron chi connectivity index (χ2n) is 2.77. The van der Waals surface area contributed by atoms with E-state index in [0.29, 0.717) is 0 Å². The van der Waals surface area contributed by atoms with Crippen LogP contribution in [0.4, 0.5) is 0 Å². The molecule has 17 heavy (non-hydrogen) atoms. The van der Waals surface area contributed by atoms with Crippen LogP contribution in [0.3, 0.4) is 0 Å². The first-order chi connectivity index (χ1) is 8.22. The van der Waals surface area contributed by atoms with E-state index in [9.17, 15) is 4.79 Å². The normalized spacial score (nSPS) is 10.9. The van der Waals surface area contributed by atoms with Crippen LogP contribution in [-0.2, 0) is 4.79 Å². The summed E-state index contributed by atoms with van der Waals surface area (Å²) in [6.07, 6.45) is 8.90. The average molecular weight is 234 g/mol. The molecule has 0 aliphatic rings. The van der Waals surface area contributed by atoms with Gasteiger partial charge in [-0.3, -0.25) is 19.9 Å². The first-order valence-electron chi connectivity index (χ1n) is 4.58. The van der Waals surface area contributed by atoms with E-state index >= 15 is 0 Å². The van der Waals surface area contributed by atoms with Crippen LogP contribution in [0.5, 0.6) is 0 Å². The van der Waals surface area contributed by atoms with Crippen molar-refractivity contribution in [1.82, 2.24) is 19.9 Å². The molecule has 1 atom stereocenters. The van der Waals surface area contributed by atoms with Gasteiger partial charge in [0, 0.05) is 37.2 Å². The Morgan fingerprint density at radius 3 is 1.88 bits per heavy atom. The molecule has 7 heteroatoms. The number of hydrogen-bond donors (Lipinski definition) is 2. The minimum absolute atomic E-state index is 0.0417. The molecule has 1 unspecified atom stereocenters. The van der Waals surface area contributed by atoms with Crippen LogP contribution >= 0.6 is 0 Å². The van der Waals surface area contributed by atoms with Gasteiger partial charge in [-0.1, -0.05) is 0 Å². The number of carboxylic acid groups (broad SMARTS) is 1. The maximum absolute atomic E-state index is 10.2. The van der Waals surface area contributed by atoms with Crippen molar-refractivity contribution in [3.05, 3.63) is 49.1 Å². The van der Waals surface area contributed by atoms with E-state index in [2.05, 4.69) is 19.9 Å². The summed E-state index contributed by atoms with van der Waals surface area (Å²) in [4.78, 5) is 24.8. The Labute approximate surface area is 96.9 Å². The molecule has 0 aromatic carbocycles. The summed E-state index contributed by atoms with van der Waals surface area (Å²) in [6, 6.07) is 0. The quantitative estimate of drug-likeness (QED) is 0.756. The number of carboxylic acids is 1. The Morgan fingerprint density at radius 2 is 1.53 bits per heavy atom. The molecule has 2 rings (SSSR count). The van der Waals surface area contributed by atoms with Gasteiger partial charge in [-0.2, -0.15) is 0 Å². The standard InChI is InChI=1S/C6H6N2O3.C4H4N2/c9-5(6(10)11)4-3-7-1-2-8-4;1-2-6-4-3-5-1/h1-3,5,9H,(H,10,11);1-4H. The molecular formula is C10H10N4O3. The molecular weight excluding hydrogens is 224 g/mol. The average Bonchev–Trinajstić information content (AvgIpc) is 2.41. The van der Waals surface area contributed by atoms with Crippen LogP contribution in [-0.4, -0.2) is 36.1 Å². The number of aliphatic hydroxyl groups is 1. The van der Waals surface area contributed by atoms with E-state index in [1.54, 1.807) is 24.8 Å². The first-order valence-corrected chi connectivity index (χ1v) is 4.58. The van der Waals surface area contributed by atoms with Crippen molar-refractivity contribution in [3.8, 4) is 0 Å². The van der Waals surface area contributed by atoms with Gasteiger partial charge in [-0.15, -0.1) is 0 Å². The molecule has 0 radical (unpaired) electrons. The van der Waals surface area contributed by atoms with Gasteiger partial charge in [0.25, 0.3) is 0 Å². The molecule has 88 valence electrons. The minimum atomic E-state index is -1.58. The second-order valence-corrected chi connectivity index (χ2v) is 2.77. The third-order valence-corrected chi connectivity index (χ3v) is 1.57. The van der Waals surface area contributed by atoms with Gasteiger partial charge in [-0.05, 0) is 0 Å². The van der Waals surface area contributed by atoms with Crippen molar-refractivity contribution in [2.75, 3.05) is 0 Å². The number of aromatic nitrogens is 4. The maximum atomic E-state index is 10.2. The van der Waals surface area contributed by atoms with Gasteiger partial charge in [0.15, 0.2) is 6.10 Å². The van der Waals surface area contributed by atoms with Crippen LogP contribution in [0.2, 0.25) is 0 Å². The van der Waals surface area contributed by atoms with Crippen LogP contribution in [0, 0.1) is 0 Å². The Balaban J connectivity index is 0.000000202. The lowest BCUT2D eigenvalue weighted by Gasteiger charge is -2.01. The lowest BCUT2D eigenvalue weighted by Crippen LogP contribution is -2.11. The highest BCUT2D eigenvalue weighted by Crippen LogP contribution is 2.06. The zero-order chi connectivity index (χ0) is 12.5. The predicted molar refractivity (Wildman–Crippen MR) is 56.7 cm³/mol. The number of hydrogen-bond acceptors (Lipinski definition) is 6. The third-order valence-electron chi connectivity index (χ3n) is 1.57. The topological polar surface area (TPSA) is 109 Å². The van der Waals surface area contributed by atoms with Gasteiger partial charge in [0.2, 0.25) is 0 Å². The number of nitrogens with zero attached hydrogens (tertiary/aromatic N) is 4. The fourth-order valence-corrected chi connectivity index (χ4v) is 0.832. The fraction of sp³-hybridized carbons (Fsp3) is 0.100. The Bertz CT molecular complexity index is 411. The van der Waals surface area contributed by atoms with Crippen molar-refractivity contribution >= 4 is 5.97 Å². The Hall–Kier alpha value is -2.41. The molecule has 0 spiro atoms. The number of carbonyl (C=O) groups is 1. The second kappa shape index (κ2) is 6.96. The first kappa shape index (κ1) is 12.7.